The van der Waals surface area contributed by atoms with Crippen LogP contribution < -0.4 is 10.1 Å². The zero-order valence-corrected chi connectivity index (χ0v) is 12.4. The fourth-order valence-electron chi connectivity index (χ4n) is 2.48. The van der Waals surface area contributed by atoms with Crippen molar-refractivity contribution >= 4 is 11.9 Å². The third kappa shape index (κ3) is 2.18. The standard InChI is InChI=1S/C14H15N5O3/c1-8-11(13(20)22-3)12(19-14(15-8)16-17-18-19)9-4-6-10(21-2)7-5-9/h4-7,12H,1-3H3,(H,15,16,18). The number of benzene rings is 1. The Morgan fingerprint density at radius 1 is 1.27 bits per heavy atom. The van der Waals surface area contributed by atoms with Gasteiger partial charge >= 0.3 is 5.97 Å². The molecule has 1 aromatic heterocycles. The molecule has 0 radical (unpaired) electrons. The second-order valence-electron chi connectivity index (χ2n) is 4.78. The molecular formula is C14H15N5O3. The minimum Gasteiger partial charge on any atom is -0.497 e. The molecule has 2 aromatic rings. The Balaban J connectivity index is 2.13. The summed E-state index contributed by atoms with van der Waals surface area (Å²) in [6.45, 7) is 1.79. The van der Waals surface area contributed by atoms with Gasteiger partial charge in [-0.15, -0.1) is 0 Å². The van der Waals surface area contributed by atoms with Gasteiger partial charge < -0.3 is 14.8 Å². The molecule has 1 aliphatic rings. The molecule has 2 heterocycles. The van der Waals surface area contributed by atoms with Crippen LogP contribution in [-0.2, 0) is 9.53 Å². The van der Waals surface area contributed by atoms with Gasteiger partial charge in [-0.2, -0.15) is 4.68 Å². The Hall–Kier alpha value is -2.90. The number of aromatic nitrogens is 4. The fourth-order valence-corrected chi connectivity index (χ4v) is 2.48. The number of hydrogen-bond acceptors (Lipinski definition) is 7. The Labute approximate surface area is 126 Å². The molecule has 1 unspecified atom stereocenters. The van der Waals surface area contributed by atoms with Crippen molar-refractivity contribution in [3.05, 3.63) is 41.1 Å². The first kappa shape index (κ1) is 14.1. The highest BCUT2D eigenvalue weighted by Gasteiger charge is 2.34. The third-order valence-corrected chi connectivity index (χ3v) is 3.55. The molecule has 1 N–H and O–H groups in total. The van der Waals surface area contributed by atoms with Gasteiger partial charge in [0.1, 0.15) is 11.8 Å². The monoisotopic (exact) mass is 301 g/mol. The lowest BCUT2D eigenvalue weighted by atomic mass is 9.96. The zero-order valence-electron chi connectivity index (χ0n) is 12.4. The van der Waals surface area contributed by atoms with Crippen molar-refractivity contribution in [2.45, 2.75) is 13.0 Å². The van der Waals surface area contributed by atoms with Gasteiger partial charge in [0, 0.05) is 5.70 Å². The van der Waals surface area contributed by atoms with Crippen LogP contribution >= 0.6 is 0 Å². The topological polar surface area (TPSA) is 91.2 Å². The van der Waals surface area contributed by atoms with Gasteiger partial charge in [0.2, 0.25) is 5.95 Å². The average Bonchev–Trinajstić information content (AvgIpc) is 3.00. The number of anilines is 1. The van der Waals surface area contributed by atoms with Crippen molar-refractivity contribution < 1.29 is 14.3 Å². The van der Waals surface area contributed by atoms with Crippen molar-refractivity contribution in [1.82, 2.24) is 20.2 Å². The van der Waals surface area contributed by atoms with Crippen molar-refractivity contribution in [3.63, 3.8) is 0 Å². The van der Waals surface area contributed by atoms with E-state index < -0.39 is 12.0 Å². The highest BCUT2D eigenvalue weighted by atomic mass is 16.5. The Morgan fingerprint density at radius 2 is 2.00 bits per heavy atom. The van der Waals surface area contributed by atoms with Gasteiger partial charge in [-0.05, 0) is 35.0 Å². The lowest BCUT2D eigenvalue weighted by Crippen LogP contribution is -2.29. The van der Waals surface area contributed by atoms with Crippen LogP contribution in [0.15, 0.2) is 35.5 Å². The molecular weight excluding hydrogens is 286 g/mol. The highest BCUT2D eigenvalue weighted by Crippen LogP contribution is 2.35. The van der Waals surface area contributed by atoms with Crippen LogP contribution in [0.4, 0.5) is 5.95 Å². The predicted octanol–water partition coefficient (Wildman–Crippen LogP) is 1.14. The van der Waals surface area contributed by atoms with Gasteiger partial charge in [-0.3, -0.25) is 0 Å². The Bertz CT molecular complexity index is 735. The van der Waals surface area contributed by atoms with Crippen LogP contribution in [0.2, 0.25) is 0 Å². The fraction of sp³-hybridized carbons (Fsp3) is 0.286. The largest absolute Gasteiger partial charge is 0.497 e. The zero-order chi connectivity index (χ0) is 15.7. The van der Waals surface area contributed by atoms with E-state index in [4.69, 9.17) is 9.47 Å². The molecule has 0 bridgehead atoms. The number of hydrogen-bond donors (Lipinski definition) is 1. The van der Waals surface area contributed by atoms with E-state index in [1.54, 1.807) is 18.7 Å². The molecule has 0 fully saturated rings. The first-order valence-electron chi connectivity index (χ1n) is 6.63. The number of carbonyl (C=O) groups excluding carboxylic acids is 1. The molecule has 0 aliphatic carbocycles. The van der Waals surface area contributed by atoms with E-state index >= 15 is 0 Å². The number of tetrazole rings is 1. The number of esters is 1. The van der Waals surface area contributed by atoms with Crippen molar-refractivity contribution in [2.24, 2.45) is 0 Å². The lowest BCUT2D eigenvalue weighted by Gasteiger charge is -2.27. The van der Waals surface area contributed by atoms with Crippen molar-refractivity contribution in [3.8, 4) is 5.75 Å². The van der Waals surface area contributed by atoms with Crippen LogP contribution in [-0.4, -0.2) is 40.4 Å². The first-order chi connectivity index (χ1) is 10.7. The Kier molecular flexibility index (Phi) is 3.50. The summed E-state index contributed by atoms with van der Waals surface area (Å²) in [4.78, 5) is 12.2. The highest BCUT2D eigenvalue weighted by molar-refractivity contribution is 5.92. The van der Waals surface area contributed by atoms with Gasteiger partial charge in [0.25, 0.3) is 0 Å². The normalized spacial score (nSPS) is 16.8. The molecule has 0 spiro atoms. The number of carbonyl (C=O) groups is 1. The summed E-state index contributed by atoms with van der Waals surface area (Å²) in [5, 5.41) is 14.6. The van der Waals surface area contributed by atoms with Crippen LogP contribution in [0.25, 0.3) is 0 Å². The summed E-state index contributed by atoms with van der Waals surface area (Å²) in [6, 6.07) is 6.94. The summed E-state index contributed by atoms with van der Waals surface area (Å²) in [7, 11) is 2.95. The minimum atomic E-state index is -0.454. The van der Waals surface area contributed by atoms with E-state index in [1.165, 1.54) is 7.11 Å². The average molecular weight is 301 g/mol. The third-order valence-electron chi connectivity index (χ3n) is 3.55. The summed E-state index contributed by atoms with van der Waals surface area (Å²) in [5.74, 6) is 0.785. The maximum Gasteiger partial charge on any atom is 0.338 e. The SMILES string of the molecule is COC(=O)C1=C(C)Nc2nnnn2C1c1ccc(OC)cc1. The molecule has 114 valence electrons. The molecule has 1 aromatic carbocycles. The van der Waals surface area contributed by atoms with Crippen LogP contribution in [0.1, 0.15) is 18.5 Å². The van der Waals surface area contributed by atoms with Gasteiger partial charge in [-0.1, -0.05) is 17.2 Å². The van der Waals surface area contributed by atoms with Crippen LogP contribution in [0.5, 0.6) is 5.75 Å². The van der Waals surface area contributed by atoms with Gasteiger partial charge in [0.05, 0.1) is 19.8 Å². The second kappa shape index (κ2) is 5.47. The second-order valence-corrected chi connectivity index (χ2v) is 4.78. The summed E-state index contributed by atoms with van der Waals surface area (Å²) < 4.78 is 11.6. The van der Waals surface area contributed by atoms with E-state index in [2.05, 4.69) is 20.8 Å². The molecule has 22 heavy (non-hydrogen) atoms. The summed E-state index contributed by atoms with van der Waals surface area (Å²) >= 11 is 0. The quantitative estimate of drug-likeness (QED) is 0.850. The van der Waals surface area contributed by atoms with Crippen molar-refractivity contribution in [2.75, 3.05) is 19.5 Å². The van der Waals surface area contributed by atoms with E-state index in [0.29, 0.717) is 17.2 Å². The summed E-state index contributed by atoms with van der Waals surface area (Å²) in [5.41, 5.74) is 1.98. The summed E-state index contributed by atoms with van der Waals surface area (Å²) in [6.07, 6.45) is 0. The number of nitrogens with zero attached hydrogens (tertiary/aromatic N) is 4. The molecule has 0 saturated carbocycles. The lowest BCUT2D eigenvalue weighted by molar-refractivity contribution is -0.136. The van der Waals surface area contributed by atoms with Gasteiger partial charge in [0.15, 0.2) is 0 Å². The number of methoxy groups -OCH3 is 2. The molecule has 0 amide bonds. The molecule has 1 aliphatic heterocycles. The van der Waals surface area contributed by atoms with E-state index in [9.17, 15) is 4.79 Å². The first-order valence-corrected chi connectivity index (χ1v) is 6.63. The maximum absolute atomic E-state index is 12.2. The van der Waals surface area contributed by atoms with E-state index in [1.807, 2.05) is 24.3 Å². The number of ether oxygens (including phenoxy) is 2. The number of fused-ring (bicyclic) bond motifs is 1. The molecule has 3 rings (SSSR count). The minimum absolute atomic E-state index is 0.424. The predicted molar refractivity (Wildman–Crippen MR) is 77.3 cm³/mol. The van der Waals surface area contributed by atoms with Gasteiger partial charge in [-0.25, -0.2) is 4.79 Å². The molecule has 0 saturated heterocycles. The molecule has 8 nitrogen and oxygen atoms in total. The molecule has 8 heteroatoms. The van der Waals surface area contributed by atoms with Crippen LogP contribution in [0, 0.1) is 0 Å². The maximum atomic E-state index is 12.2. The number of nitrogens with one attached hydrogen (secondary N) is 1. The van der Waals surface area contributed by atoms with Crippen molar-refractivity contribution in [1.29, 1.82) is 0 Å². The number of allylic oxidation sites excluding steroid dienone is 1. The molecule has 1 atom stereocenters. The van der Waals surface area contributed by atoms with E-state index in [-0.39, 0.29) is 0 Å². The smallest absolute Gasteiger partial charge is 0.338 e. The number of rotatable bonds is 3. The Morgan fingerprint density at radius 3 is 2.64 bits per heavy atom. The van der Waals surface area contributed by atoms with E-state index in [0.717, 1.165) is 11.3 Å². The van der Waals surface area contributed by atoms with Crippen LogP contribution in [0.3, 0.4) is 0 Å².